The minimum absolute atomic E-state index is 0.0342. The predicted octanol–water partition coefficient (Wildman–Crippen LogP) is 3.06. The summed E-state index contributed by atoms with van der Waals surface area (Å²) in [4.78, 5) is 3.94. The molecule has 3 nitrogen and oxygen atoms in total. The molecule has 1 N–H and O–H groups in total. The van der Waals surface area contributed by atoms with Crippen LogP contribution in [0.3, 0.4) is 0 Å². The van der Waals surface area contributed by atoms with Crippen molar-refractivity contribution < 1.29 is 14.2 Å². The lowest BCUT2D eigenvalue weighted by molar-refractivity contribution is 0.0808. The van der Waals surface area contributed by atoms with Crippen LogP contribution in [0.2, 0.25) is 0 Å². The van der Waals surface area contributed by atoms with E-state index in [1.807, 2.05) is 0 Å². The summed E-state index contributed by atoms with van der Waals surface area (Å²) in [6.45, 7) is 1.81. The van der Waals surface area contributed by atoms with Crippen molar-refractivity contribution in [2.45, 2.75) is 51.7 Å². The van der Waals surface area contributed by atoms with E-state index in [4.69, 9.17) is 9.84 Å². The minimum Gasteiger partial charge on any atom is -0.472 e. The number of hydrogen-bond donors (Lipinski definition) is 1. The lowest BCUT2D eigenvalue weighted by Gasteiger charge is -2.30. The zero-order valence-electron chi connectivity index (χ0n) is 10.7. The first-order valence-corrected chi connectivity index (χ1v) is 6.67. The van der Waals surface area contributed by atoms with Crippen molar-refractivity contribution in [3.63, 3.8) is 0 Å². The van der Waals surface area contributed by atoms with Crippen LogP contribution in [-0.4, -0.2) is 16.2 Å². The van der Waals surface area contributed by atoms with Gasteiger partial charge < -0.3 is 9.84 Å². The number of ether oxygens (including phenoxy) is 1. The lowest BCUT2D eigenvalue weighted by Crippen LogP contribution is -2.30. The van der Waals surface area contributed by atoms with E-state index in [9.17, 15) is 4.39 Å². The van der Waals surface area contributed by atoms with Crippen molar-refractivity contribution in [3.8, 4) is 5.88 Å². The number of nitrogens with zero attached hydrogens (tertiary/aromatic N) is 1. The van der Waals surface area contributed by atoms with E-state index in [0.29, 0.717) is 5.92 Å². The van der Waals surface area contributed by atoms with Gasteiger partial charge in [0, 0.05) is 11.8 Å². The topological polar surface area (TPSA) is 42.4 Å². The Morgan fingerprint density at radius 3 is 2.94 bits per heavy atom. The normalized spacial score (nSPS) is 23.9. The van der Waals surface area contributed by atoms with Gasteiger partial charge in [0.15, 0.2) is 5.82 Å². The molecule has 0 radical (unpaired) electrons. The van der Waals surface area contributed by atoms with Gasteiger partial charge in [-0.1, -0.05) is 13.3 Å². The fourth-order valence-electron chi connectivity index (χ4n) is 2.61. The highest BCUT2D eigenvalue weighted by Gasteiger charge is 2.26. The standard InChI is InChI=1S/C14H20FNO2/c1-2-10-5-3-4-6-12(10)18-14-13(15)11(9-17)7-8-16-14/h7-8,10,12,17H,2-6,9H2,1H3. The molecule has 0 saturated heterocycles. The molecule has 1 aromatic heterocycles. The summed E-state index contributed by atoms with van der Waals surface area (Å²) in [7, 11) is 0. The molecule has 1 heterocycles. The second-order valence-electron chi connectivity index (χ2n) is 4.86. The largest absolute Gasteiger partial charge is 0.472 e. The first-order chi connectivity index (χ1) is 8.76. The molecule has 18 heavy (non-hydrogen) atoms. The van der Waals surface area contributed by atoms with E-state index < -0.39 is 5.82 Å². The van der Waals surface area contributed by atoms with Crippen LogP contribution in [0.4, 0.5) is 4.39 Å². The highest BCUT2D eigenvalue weighted by atomic mass is 19.1. The maximum absolute atomic E-state index is 13.9. The van der Waals surface area contributed by atoms with Gasteiger partial charge in [-0.3, -0.25) is 0 Å². The molecule has 2 atom stereocenters. The average Bonchev–Trinajstić information content (AvgIpc) is 2.42. The smallest absolute Gasteiger partial charge is 0.251 e. The molecular formula is C14H20FNO2. The van der Waals surface area contributed by atoms with Crippen LogP contribution in [0, 0.1) is 11.7 Å². The summed E-state index contributed by atoms with van der Waals surface area (Å²) in [6.07, 6.45) is 7.04. The SMILES string of the molecule is CCC1CCCCC1Oc1nccc(CO)c1F. The molecule has 1 aliphatic rings. The Kier molecular flexibility index (Phi) is 4.53. The highest BCUT2D eigenvalue weighted by Crippen LogP contribution is 2.31. The Labute approximate surface area is 107 Å². The number of hydrogen-bond acceptors (Lipinski definition) is 3. The molecule has 0 spiro atoms. The molecule has 0 aliphatic heterocycles. The molecule has 1 aliphatic carbocycles. The molecule has 1 saturated carbocycles. The summed E-state index contributed by atoms with van der Waals surface area (Å²) >= 11 is 0. The van der Waals surface area contributed by atoms with E-state index in [1.165, 1.54) is 18.7 Å². The van der Waals surface area contributed by atoms with E-state index in [1.54, 1.807) is 0 Å². The predicted molar refractivity (Wildman–Crippen MR) is 66.8 cm³/mol. The fourth-order valence-corrected chi connectivity index (χ4v) is 2.61. The molecule has 0 aromatic carbocycles. The summed E-state index contributed by atoms with van der Waals surface area (Å²) < 4.78 is 19.6. The number of aromatic nitrogens is 1. The van der Waals surface area contributed by atoms with Gasteiger partial charge in [0.25, 0.3) is 5.88 Å². The fraction of sp³-hybridized carbons (Fsp3) is 0.643. The highest BCUT2D eigenvalue weighted by molar-refractivity contribution is 5.23. The van der Waals surface area contributed by atoms with Gasteiger partial charge in [0.1, 0.15) is 6.10 Å². The number of halogens is 1. The van der Waals surface area contributed by atoms with Crippen LogP contribution < -0.4 is 4.74 Å². The molecule has 1 fully saturated rings. The van der Waals surface area contributed by atoms with Crippen LogP contribution in [0.5, 0.6) is 5.88 Å². The van der Waals surface area contributed by atoms with E-state index in [2.05, 4.69) is 11.9 Å². The van der Waals surface area contributed by atoms with Crippen LogP contribution in [0.25, 0.3) is 0 Å². The van der Waals surface area contributed by atoms with Gasteiger partial charge in [-0.25, -0.2) is 9.37 Å². The van der Waals surface area contributed by atoms with E-state index in [-0.39, 0.29) is 24.2 Å². The van der Waals surface area contributed by atoms with Crippen LogP contribution in [-0.2, 0) is 6.61 Å². The van der Waals surface area contributed by atoms with Gasteiger partial charge in [-0.05, 0) is 37.7 Å². The summed E-state index contributed by atoms with van der Waals surface area (Å²) in [5.41, 5.74) is 0.240. The zero-order valence-corrected chi connectivity index (χ0v) is 10.7. The van der Waals surface area contributed by atoms with Gasteiger partial charge in [0.2, 0.25) is 0 Å². The Morgan fingerprint density at radius 1 is 1.44 bits per heavy atom. The molecule has 0 bridgehead atoms. The van der Waals surface area contributed by atoms with Crippen molar-refractivity contribution in [2.75, 3.05) is 0 Å². The second kappa shape index (κ2) is 6.14. The Hall–Kier alpha value is -1.16. The van der Waals surface area contributed by atoms with Crippen molar-refractivity contribution in [1.29, 1.82) is 0 Å². The average molecular weight is 253 g/mol. The lowest BCUT2D eigenvalue weighted by atomic mass is 9.85. The third-order valence-electron chi connectivity index (χ3n) is 3.73. The Bertz CT molecular complexity index is 397. The maximum atomic E-state index is 13.9. The van der Waals surface area contributed by atoms with Gasteiger partial charge in [-0.15, -0.1) is 0 Å². The monoisotopic (exact) mass is 253 g/mol. The summed E-state index contributed by atoms with van der Waals surface area (Å²) in [5.74, 6) is -0.00920. The maximum Gasteiger partial charge on any atom is 0.251 e. The molecule has 2 unspecified atom stereocenters. The third-order valence-corrected chi connectivity index (χ3v) is 3.73. The molecule has 2 rings (SSSR count). The van der Waals surface area contributed by atoms with Crippen molar-refractivity contribution >= 4 is 0 Å². The Balaban J connectivity index is 2.12. The van der Waals surface area contributed by atoms with E-state index in [0.717, 1.165) is 25.7 Å². The second-order valence-corrected chi connectivity index (χ2v) is 4.86. The number of pyridine rings is 1. The van der Waals surface area contributed by atoms with Gasteiger partial charge in [0.05, 0.1) is 6.61 Å². The Morgan fingerprint density at radius 2 is 2.22 bits per heavy atom. The van der Waals surface area contributed by atoms with Crippen LogP contribution in [0.15, 0.2) is 12.3 Å². The van der Waals surface area contributed by atoms with Crippen LogP contribution in [0.1, 0.15) is 44.6 Å². The minimum atomic E-state index is -0.527. The number of aliphatic hydroxyl groups is 1. The first kappa shape index (κ1) is 13.3. The summed E-state index contributed by atoms with van der Waals surface area (Å²) in [6, 6.07) is 1.47. The molecule has 1 aromatic rings. The number of rotatable bonds is 4. The molecule has 100 valence electrons. The van der Waals surface area contributed by atoms with Crippen molar-refractivity contribution in [3.05, 3.63) is 23.6 Å². The first-order valence-electron chi connectivity index (χ1n) is 6.67. The number of aliphatic hydroxyl groups excluding tert-OH is 1. The molecule has 4 heteroatoms. The summed E-state index contributed by atoms with van der Waals surface area (Å²) in [5, 5.41) is 9.02. The van der Waals surface area contributed by atoms with Crippen LogP contribution >= 0.6 is 0 Å². The van der Waals surface area contributed by atoms with E-state index >= 15 is 0 Å². The van der Waals surface area contributed by atoms with Crippen molar-refractivity contribution in [1.82, 2.24) is 4.98 Å². The van der Waals surface area contributed by atoms with Crippen molar-refractivity contribution in [2.24, 2.45) is 5.92 Å². The third kappa shape index (κ3) is 2.80. The van der Waals surface area contributed by atoms with Gasteiger partial charge >= 0.3 is 0 Å². The molecular weight excluding hydrogens is 233 g/mol. The quantitative estimate of drug-likeness (QED) is 0.896. The zero-order chi connectivity index (χ0) is 13.0. The molecule has 0 amide bonds. The van der Waals surface area contributed by atoms with Gasteiger partial charge in [-0.2, -0.15) is 0 Å².